The summed E-state index contributed by atoms with van der Waals surface area (Å²) in [5.74, 6) is 0.727. The summed E-state index contributed by atoms with van der Waals surface area (Å²) in [7, 11) is -2.53. The molecule has 1 unspecified atom stereocenters. The number of unbranched alkanes of at least 4 members (excludes halogenated alkanes) is 6. The molecule has 0 fully saturated rings. The molecule has 0 aliphatic heterocycles. The van der Waals surface area contributed by atoms with Crippen molar-refractivity contribution in [2.75, 3.05) is 13.2 Å². The van der Waals surface area contributed by atoms with Gasteiger partial charge in [-0.3, -0.25) is 4.18 Å². The number of aryl methyl sites for hydroxylation is 1. The molecule has 0 aromatic carbocycles. The van der Waals surface area contributed by atoms with Gasteiger partial charge in [-0.2, -0.15) is 0 Å². The maximum absolute atomic E-state index is 11.7. The molecular formula is C21H40N2O7S. The average molecular weight is 465 g/mol. The van der Waals surface area contributed by atoms with E-state index < -0.39 is 16.7 Å². The van der Waals surface area contributed by atoms with Gasteiger partial charge in [0.05, 0.1) is 20.3 Å². The number of aromatic nitrogens is 2. The first-order valence-electron chi connectivity index (χ1n) is 11.0. The van der Waals surface area contributed by atoms with Crippen LogP contribution in [0.15, 0.2) is 12.4 Å². The van der Waals surface area contributed by atoms with Crippen molar-refractivity contribution in [2.45, 2.75) is 91.9 Å². The van der Waals surface area contributed by atoms with Crippen LogP contribution in [0, 0.1) is 6.92 Å². The molecule has 0 saturated heterocycles. The molecule has 0 N–H and O–H groups in total. The van der Waals surface area contributed by atoms with Gasteiger partial charge in [-0.1, -0.05) is 52.4 Å². The van der Waals surface area contributed by atoms with E-state index in [1.54, 1.807) is 6.92 Å². The molecule has 1 atom stereocenters. The first-order valence-corrected chi connectivity index (χ1v) is 12.4. The van der Waals surface area contributed by atoms with Gasteiger partial charge in [-0.25, -0.2) is 22.3 Å². The van der Waals surface area contributed by atoms with Crippen LogP contribution in [-0.2, 0) is 42.4 Å². The molecule has 0 spiro atoms. The molecule has 1 heterocycles. The monoisotopic (exact) mass is 464 g/mol. The van der Waals surface area contributed by atoms with Crippen LogP contribution in [-0.4, -0.2) is 43.0 Å². The van der Waals surface area contributed by atoms with E-state index in [1.165, 1.54) is 19.3 Å². The van der Waals surface area contributed by atoms with Crippen LogP contribution in [0.2, 0.25) is 0 Å². The lowest BCUT2D eigenvalue weighted by atomic mass is 10.1. The second-order valence-electron chi connectivity index (χ2n) is 7.36. The number of rotatable bonds is 15. The molecule has 0 saturated carbocycles. The summed E-state index contributed by atoms with van der Waals surface area (Å²) in [5.41, 5.74) is 0. The van der Waals surface area contributed by atoms with Crippen LogP contribution < -0.4 is 4.57 Å². The Kier molecular flexibility index (Phi) is 16.3. The highest BCUT2D eigenvalue weighted by Gasteiger charge is 2.16. The molecule has 182 valence electrons. The zero-order chi connectivity index (χ0) is 23.7. The molecular weight excluding hydrogens is 424 g/mol. The number of hydrogen-bond acceptors (Lipinski definition) is 7. The normalized spacial score (nSPS) is 12.2. The largest absolute Gasteiger partial charge is 0.726 e. The van der Waals surface area contributed by atoms with Crippen LogP contribution in [0.4, 0.5) is 0 Å². The highest BCUT2D eigenvalue weighted by Crippen LogP contribution is 2.05. The molecule has 0 bridgehead atoms. The lowest BCUT2D eigenvalue weighted by Gasteiger charge is -2.13. The van der Waals surface area contributed by atoms with Gasteiger partial charge in [0.25, 0.3) is 5.82 Å². The Labute approximate surface area is 187 Å². The third kappa shape index (κ3) is 16.8. The highest BCUT2D eigenvalue weighted by atomic mass is 32.3. The summed E-state index contributed by atoms with van der Waals surface area (Å²) in [6, 6.07) is 0. The van der Waals surface area contributed by atoms with Gasteiger partial charge < -0.3 is 14.0 Å². The molecule has 0 amide bonds. The number of hydrogen-bond donors (Lipinski definition) is 0. The van der Waals surface area contributed by atoms with Crippen molar-refractivity contribution in [2.24, 2.45) is 7.05 Å². The zero-order valence-electron chi connectivity index (χ0n) is 19.7. The van der Waals surface area contributed by atoms with Gasteiger partial charge in [0.1, 0.15) is 12.4 Å². The maximum Gasteiger partial charge on any atom is 0.350 e. The molecule has 31 heavy (non-hydrogen) atoms. The predicted octanol–water partition coefficient (Wildman–Crippen LogP) is 3.15. The molecule has 1 rings (SSSR count). The van der Waals surface area contributed by atoms with Crippen molar-refractivity contribution < 1.29 is 36.0 Å². The van der Waals surface area contributed by atoms with Crippen LogP contribution in [0.1, 0.15) is 78.0 Å². The molecule has 1 aromatic rings. The van der Waals surface area contributed by atoms with Crippen molar-refractivity contribution in [3.63, 3.8) is 0 Å². The van der Waals surface area contributed by atoms with Crippen LogP contribution in [0.5, 0.6) is 0 Å². The summed E-state index contributed by atoms with van der Waals surface area (Å²) >= 11 is 0. The summed E-state index contributed by atoms with van der Waals surface area (Å²) in [4.78, 5) is 11.7. The lowest BCUT2D eigenvalue weighted by molar-refractivity contribution is -0.677. The van der Waals surface area contributed by atoms with E-state index in [2.05, 4.69) is 18.0 Å². The van der Waals surface area contributed by atoms with E-state index in [0.717, 1.165) is 31.5 Å². The first kappa shape index (κ1) is 29.5. The first-order chi connectivity index (χ1) is 14.6. The molecule has 0 aliphatic carbocycles. The lowest BCUT2D eigenvalue weighted by Crippen LogP contribution is -2.31. The van der Waals surface area contributed by atoms with Crippen LogP contribution in [0.25, 0.3) is 0 Å². The van der Waals surface area contributed by atoms with E-state index in [1.807, 2.05) is 35.5 Å². The van der Waals surface area contributed by atoms with Gasteiger partial charge in [-0.15, -0.1) is 0 Å². The Morgan fingerprint density at radius 2 is 1.71 bits per heavy atom. The number of ether oxygens (including phenoxy) is 2. The van der Waals surface area contributed by atoms with E-state index in [-0.39, 0.29) is 19.1 Å². The maximum atomic E-state index is 11.7. The summed E-state index contributed by atoms with van der Waals surface area (Å²) in [5, 5.41) is 0. The van der Waals surface area contributed by atoms with E-state index >= 15 is 0 Å². The van der Waals surface area contributed by atoms with Crippen molar-refractivity contribution in [1.29, 1.82) is 0 Å². The van der Waals surface area contributed by atoms with Crippen molar-refractivity contribution in [3.8, 4) is 0 Å². The molecule has 9 nitrogen and oxygen atoms in total. The van der Waals surface area contributed by atoms with Gasteiger partial charge in [0, 0.05) is 6.92 Å². The fraction of sp³-hybridized carbons (Fsp3) is 0.810. The van der Waals surface area contributed by atoms with E-state index in [4.69, 9.17) is 9.47 Å². The smallest absolute Gasteiger partial charge is 0.350 e. The summed E-state index contributed by atoms with van der Waals surface area (Å²) < 4.78 is 48.4. The van der Waals surface area contributed by atoms with Gasteiger partial charge in [0.2, 0.25) is 10.4 Å². The zero-order valence-corrected chi connectivity index (χ0v) is 20.5. The molecule has 0 radical (unpaired) electrons. The topological polar surface area (TPSA) is 111 Å². The SMILES string of the molecule is CCCCCCCCOS(=O)(=O)[O-].CCCCOC(C)OC(=O)Cn1cc[n+](C)c1C. The van der Waals surface area contributed by atoms with Gasteiger partial charge in [-0.05, 0) is 19.8 Å². The molecule has 0 aliphatic rings. The van der Waals surface area contributed by atoms with E-state index in [9.17, 15) is 17.8 Å². The van der Waals surface area contributed by atoms with Crippen molar-refractivity contribution in [3.05, 3.63) is 18.2 Å². The standard InChI is InChI=1S/C13H23N2O3.C8H18O4S/c1-5-6-9-17-12(3)18-13(16)10-15-8-7-14(4)11(15)2;1-2-3-4-5-6-7-8-12-13(9,10)11/h7-8,12H,5-6,9-10H2,1-4H3;2-8H2,1H3,(H,9,10,11)/q+1;/p-1. The third-order valence-corrected chi connectivity index (χ3v) is 5.02. The number of esters is 1. The van der Waals surface area contributed by atoms with Crippen LogP contribution >= 0.6 is 0 Å². The fourth-order valence-electron chi connectivity index (χ4n) is 2.60. The van der Waals surface area contributed by atoms with Crippen LogP contribution in [0.3, 0.4) is 0 Å². The summed E-state index contributed by atoms with van der Waals surface area (Å²) in [6.45, 7) is 8.79. The summed E-state index contributed by atoms with van der Waals surface area (Å²) in [6.07, 6.45) is 11.6. The third-order valence-electron chi connectivity index (χ3n) is 4.57. The van der Waals surface area contributed by atoms with Gasteiger partial charge >= 0.3 is 5.97 Å². The Balaban J connectivity index is 0.000000615. The van der Waals surface area contributed by atoms with Gasteiger partial charge in [0.15, 0.2) is 12.8 Å². The fourth-order valence-corrected chi connectivity index (χ4v) is 2.92. The number of nitrogens with zero attached hydrogens (tertiary/aromatic N) is 2. The number of carbonyl (C=O) groups excluding carboxylic acids is 1. The quantitative estimate of drug-likeness (QED) is 0.0979. The second kappa shape index (κ2) is 17.1. The number of carbonyl (C=O) groups is 1. The Morgan fingerprint density at radius 3 is 2.26 bits per heavy atom. The second-order valence-corrected chi connectivity index (χ2v) is 8.42. The average Bonchev–Trinajstić information content (AvgIpc) is 2.99. The molecule has 1 aromatic heterocycles. The van der Waals surface area contributed by atoms with Crippen molar-refractivity contribution in [1.82, 2.24) is 4.57 Å². The minimum Gasteiger partial charge on any atom is -0.726 e. The minimum absolute atomic E-state index is 0.0258. The highest BCUT2D eigenvalue weighted by molar-refractivity contribution is 7.80. The van der Waals surface area contributed by atoms with Crippen molar-refractivity contribution >= 4 is 16.4 Å². The van der Waals surface area contributed by atoms with E-state index in [0.29, 0.717) is 13.0 Å². The minimum atomic E-state index is -4.47. The predicted molar refractivity (Wildman–Crippen MR) is 116 cm³/mol. The Bertz CT molecular complexity index is 705. The number of imidazole rings is 1. The Hall–Kier alpha value is -1.49. The Morgan fingerprint density at radius 1 is 1.10 bits per heavy atom. The molecule has 10 heteroatoms.